The van der Waals surface area contributed by atoms with Gasteiger partial charge in [-0.3, -0.25) is 9.59 Å². The molecule has 2 nitrogen and oxygen atoms in total. The van der Waals surface area contributed by atoms with E-state index >= 15 is 0 Å². The molecule has 0 radical (unpaired) electrons. The van der Waals surface area contributed by atoms with Crippen molar-refractivity contribution in [2.45, 2.75) is 59.8 Å². The molecule has 0 atom stereocenters. The van der Waals surface area contributed by atoms with Crippen LogP contribution in [0.5, 0.6) is 0 Å². The summed E-state index contributed by atoms with van der Waals surface area (Å²) >= 11 is 0. The van der Waals surface area contributed by atoms with Crippen molar-refractivity contribution in [2.75, 3.05) is 0 Å². The Labute approximate surface area is 139 Å². The zero-order valence-electron chi connectivity index (χ0n) is 14.7. The van der Waals surface area contributed by atoms with Gasteiger partial charge in [0, 0.05) is 16.7 Å². The maximum Gasteiger partial charge on any atom is 0.185 e. The second-order valence-corrected chi connectivity index (χ2v) is 6.22. The Hall–Kier alpha value is -1.96. The van der Waals surface area contributed by atoms with Crippen LogP contribution in [-0.2, 0) is 9.59 Å². The molecule has 0 saturated heterocycles. The number of hydrogen-bond acceptors (Lipinski definition) is 2. The van der Waals surface area contributed by atoms with Gasteiger partial charge in [-0.15, -0.1) is 0 Å². The van der Waals surface area contributed by atoms with Crippen LogP contribution in [0.2, 0.25) is 0 Å². The lowest BCUT2D eigenvalue weighted by Gasteiger charge is -2.18. The van der Waals surface area contributed by atoms with Crippen LogP contribution in [0.1, 0.15) is 59.8 Å². The van der Waals surface area contributed by atoms with E-state index in [4.69, 9.17) is 0 Å². The zero-order chi connectivity index (χ0) is 17.0. The lowest BCUT2D eigenvalue weighted by Crippen LogP contribution is -2.13. The van der Waals surface area contributed by atoms with Crippen molar-refractivity contribution in [2.24, 2.45) is 0 Å². The van der Waals surface area contributed by atoms with Gasteiger partial charge in [0.1, 0.15) is 0 Å². The predicted molar refractivity (Wildman–Crippen MR) is 95.2 cm³/mol. The highest BCUT2D eigenvalue weighted by Gasteiger charge is 2.21. The molecule has 2 heteroatoms. The summed E-state index contributed by atoms with van der Waals surface area (Å²) in [4.78, 5) is 24.6. The molecule has 0 amide bonds. The molecule has 2 aliphatic rings. The van der Waals surface area contributed by atoms with Gasteiger partial charge in [0.2, 0.25) is 0 Å². The standard InChI is InChI=1S/C21H26O2/c1-5-8-9-17-13-19(12-16(7-3)21(17)23)18-10-14(4)20(22)15(6-2)11-18/h10-13H,5-9H2,1-4H3. The number of hydrogen-bond donors (Lipinski definition) is 0. The SMILES string of the molecule is CCCCC1=CC(=C2C=C(C)C(=O)C(CC)=C2)C=C(CC)C1=O. The van der Waals surface area contributed by atoms with Gasteiger partial charge in [-0.25, -0.2) is 0 Å². The van der Waals surface area contributed by atoms with Crippen LogP contribution in [0.4, 0.5) is 0 Å². The van der Waals surface area contributed by atoms with Gasteiger partial charge in [0.15, 0.2) is 11.6 Å². The van der Waals surface area contributed by atoms with E-state index in [1.807, 2.05) is 45.1 Å². The third-order valence-electron chi connectivity index (χ3n) is 4.49. The van der Waals surface area contributed by atoms with Gasteiger partial charge in [-0.05, 0) is 73.6 Å². The Morgan fingerprint density at radius 2 is 1.26 bits per heavy atom. The smallest absolute Gasteiger partial charge is 0.185 e. The van der Waals surface area contributed by atoms with E-state index in [2.05, 4.69) is 6.92 Å². The van der Waals surface area contributed by atoms with E-state index in [0.717, 1.165) is 65.5 Å². The van der Waals surface area contributed by atoms with Crippen LogP contribution in [0.25, 0.3) is 0 Å². The van der Waals surface area contributed by atoms with E-state index in [1.54, 1.807) is 0 Å². The van der Waals surface area contributed by atoms with Gasteiger partial charge in [0.25, 0.3) is 0 Å². The first-order chi connectivity index (χ1) is 11.0. The van der Waals surface area contributed by atoms with Gasteiger partial charge in [-0.1, -0.05) is 27.2 Å². The van der Waals surface area contributed by atoms with Crippen LogP contribution in [0, 0.1) is 0 Å². The molecule has 0 N–H and O–H groups in total. The highest BCUT2D eigenvalue weighted by Crippen LogP contribution is 2.30. The van der Waals surface area contributed by atoms with Crippen molar-refractivity contribution < 1.29 is 9.59 Å². The average molecular weight is 310 g/mol. The largest absolute Gasteiger partial charge is 0.289 e. The summed E-state index contributed by atoms with van der Waals surface area (Å²) < 4.78 is 0. The molecule has 0 heterocycles. The first-order valence-electron chi connectivity index (χ1n) is 8.65. The molecule has 0 aromatic heterocycles. The van der Waals surface area contributed by atoms with Crippen molar-refractivity contribution in [1.82, 2.24) is 0 Å². The van der Waals surface area contributed by atoms with E-state index in [9.17, 15) is 9.59 Å². The molecule has 122 valence electrons. The summed E-state index contributed by atoms with van der Waals surface area (Å²) in [7, 11) is 0. The van der Waals surface area contributed by atoms with Crippen molar-refractivity contribution in [3.63, 3.8) is 0 Å². The maximum atomic E-state index is 12.5. The first-order valence-corrected chi connectivity index (χ1v) is 8.65. The second kappa shape index (κ2) is 7.54. The molecule has 0 bridgehead atoms. The van der Waals surface area contributed by atoms with E-state index in [0.29, 0.717) is 0 Å². The molecule has 0 aromatic carbocycles. The number of allylic oxidation sites excluding steroid dienone is 10. The Bertz CT molecular complexity index is 679. The Morgan fingerprint density at radius 1 is 0.739 bits per heavy atom. The van der Waals surface area contributed by atoms with Crippen molar-refractivity contribution >= 4 is 11.6 Å². The normalized spacial score (nSPS) is 21.7. The highest BCUT2D eigenvalue weighted by molar-refractivity contribution is 6.11. The monoisotopic (exact) mass is 310 g/mol. The molecule has 23 heavy (non-hydrogen) atoms. The lowest BCUT2D eigenvalue weighted by atomic mass is 9.85. The molecule has 2 rings (SSSR count). The fourth-order valence-corrected chi connectivity index (χ4v) is 3.01. The van der Waals surface area contributed by atoms with Crippen LogP contribution in [0.15, 0.2) is 57.7 Å². The molecule has 0 aromatic rings. The number of rotatable bonds is 5. The third-order valence-corrected chi connectivity index (χ3v) is 4.49. The summed E-state index contributed by atoms with van der Waals surface area (Å²) in [5, 5.41) is 0. The Kier molecular flexibility index (Phi) is 5.70. The minimum Gasteiger partial charge on any atom is -0.289 e. The summed E-state index contributed by atoms with van der Waals surface area (Å²) in [6, 6.07) is 0. The number of unbranched alkanes of at least 4 members (excludes halogenated alkanes) is 1. The minimum atomic E-state index is 0.138. The summed E-state index contributed by atoms with van der Waals surface area (Å²) in [6.07, 6.45) is 12.4. The topological polar surface area (TPSA) is 34.1 Å². The van der Waals surface area contributed by atoms with E-state index < -0.39 is 0 Å². The second-order valence-electron chi connectivity index (χ2n) is 6.22. The van der Waals surface area contributed by atoms with Crippen molar-refractivity contribution in [1.29, 1.82) is 0 Å². The first kappa shape index (κ1) is 17.4. The summed E-state index contributed by atoms with van der Waals surface area (Å²) in [5.41, 5.74) is 5.51. The van der Waals surface area contributed by atoms with E-state index in [-0.39, 0.29) is 11.6 Å². The molecular weight excluding hydrogens is 284 g/mol. The lowest BCUT2D eigenvalue weighted by molar-refractivity contribution is -0.113. The molecule has 0 aliphatic heterocycles. The van der Waals surface area contributed by atoms with Crippen LogP contribution in [-0.4, -0.2) is 11.6 Å². The highest BCUT2D eigenvalue weighted by atomic mass is 16.1. The van der Waals surface area contributed by atoms with E-state index in [1.165, 1.54) is 0 Å². The fraction of sp³-hybridized carbons (Fsp3) is 0.429. The minimum absolute atomic E-state index is 0.138. The van der Waals surface area contributed by atoms with Crippen LogP contribution < -0.4 is 0 Å². The Balaban J connectivity index is 2.52. The van der Waals surface area contributed by atoms with Gasteiger partial charge in [0.05, 0.1) is 0 Å². The number of ketones is 2. The van der Waals surface area contributed by atoms with Gasteiger partial charge >= 0.3 is 0 Å². The Morgan fingerprint density at radius 3 is 1.83 bits per heavy atom. The molecule has 2 aliphatic carbocycles. The fourth-order valence-electron chi connectivity index (χ4n) is 3.01. The molecular formula is C21H26O2. The van der Waals surface area contributed by atoms with Crippen LogP contribution in [0.3, 0.4) is 0 Å². The van der Waals surface area contributed by atoms with Crippen molar-refractivity contribution in [3.8, 4) is 0 Å². The number of Topliss-reactive ketones (excluding diaryl/α,β-unsaturated/α-hetero) is 2. The number of carbonyl (C=O) groups is 2. The maximum absolute atomic E-state index is 12.5. The van der Waals surface area contributed by atoms with Gasteiger partial charge < -0.3 is 0 Å². The molecule has 0 fully saturated rings. The quantitative estimate of drug-likeness (QED) is 0.700. The molecule has 0 saturated carbocycles. The number of carbonyl (C=O) groups excluding carboxylic acids is 2. The molecule has 0 unspecified atom stereocenters. The van der Waals surface area contributed by atoms with Gasteiger partial charge in [-0.2, -0.15) is 0 Å². The summed E-state index contributed by atoms with van der Waals surface area (Å²) in [6.45, 7) is 8.03. The van der Waals surface area contributed by atoms with Crippen LogP contribution >= 0.6 is 0 Å². The average Bonchev–Trinajstić information content (AvgIpc) is 2.56. The zero-order valence-corrected chi connectivity index (χ0v) is 14.7. The molecule has 0 spiro atoms. The summed E-state index contributed by atoms with van der Waals surface area (Å²) in [5.74, 6) is 0.330. The third kappa shape index (κ3) is 3.69. The van der Waals surface area contributed by atoms with Crippen molar-refractivity contribution in [3.05, 3.63) is 57.7 Å². The predicted octanol–water partition coefficient (Wildman–Crippen LogP) is 5.18.